The molecule has 0 spiro atoms. The number of ketones is 1. The van der Waals surface area contributed by atoms with Gasteiger partial charge in [-0.3, -0.25) is 4.79 Å². The van der Waals surface area contributed by atoms with E-state index in [2.05, 4.69) is 0 Å². The van der Waals surface area contributed by atoms with Gasteiger partial charge in [0.05, 0.1) is 0 Å². The predicted molar refractivity (Wildman–Crippen MR) is 85.7 cm³/mol. The molecule has 0 saturated carbocycles. The maximum atomic E-state index is 12.4. The van der Waals surface area contributed by atoms with E-state index in [1.807, 2.05) is 51.1 Å². The van der Waals surface area contributed by atoms with Crippen LogP contribution < -0.4 is 0 Å². The average molecular weight is 303 g/mol. The highest BCUT2D eigenvalue weighted by molar-refractivity contribution is 5.84. The SMILES string of the molecule is CC(C)(C)OC(=O)N1CCCC(C(=O)Cc2ccccc2)C1. The lowest BCUT2D eigenvalue weighted by atomic mass is 9.90. The van der Waals surface area contributed by atoms with Gasteiger partial charge >= 0.3 is 6.09 Å². The molecule has 4 nitrogen and oxygen atoms in total. The van der Waals surface area contributed by atoms with Crippen LogP contribution in [-0.4, -0.2) is 35.5 Å². The van der Waals surface area contributed by atoms with Gasteiger partial charge in [0, 0.05) is 25.4 Å². The van der Waals surface area contributed by atoms with Crippen LogP contribution in [0.2, 0.25) is 0 Å². The first-order chi connectivity index (χ1) is 10.3. The van der Waals surface area contributed by atoms with Crippen LogP contribution in [-0.2, 0) is 16.0 Å². The van der Waals surface area contributed by atoms with Crippen molar-refractivity contribution >= 4 is 11.9 Å². The molecule has 120 valence electrons. The fraction of sp³-hybridized carbons (Fsp3) is 0.556. The van der Waals surface area contributed by atoms with Gasteiger partial charge in [-0.05, 0) is 39.2 Å². The van der Waals surface area contributed by atoms with Crippen molar-refractivity contribution in [1.82, 2.24) is 4.90 Å². The molecule has 1 fully saturated rings. The summed E-state index contributed by atoms with van der Waals surface area (Å²) in [6.45, 7) is 6.71. The van der Waals surface area contributed by atoms with Gasteiger partial charge in [0.1, 0.15) is 11.4 Å². The van der Waals surface area contributed by atoms with Crippen molar-refractivity contribution in [3.8, 4) is 0 Å². The maximum absolute atomic E-state index is 12.4. The quantitative estimate of drug-likeness (QED) is 0.859. The molecule has 1 heterocycles. The number of nitrogens with zero attached hydrogens (tertiary/aromatic N) is 1. The highest BCUT2D eigenvalue weighted by atomic mass is 16.6. The maximum Gasteiger partial charge on any atom is 0.410 e. The molecule has 1 aliphatic rings. The standard InChI is InChI=1S/C18H25NO3/c1-18(2,3)22-17(21)19-11-7-10-15(13-19)16(20)12-14-8-5-4-6-9-14/h4-6,8-9,15H,7,10-13H2,1-3H3. The largest absolute Gasteiger partial charge is 0.444 e. The van der Waals surface area contributed by atoms with Crippen LogP contribution in [0.1, 0.15) is 39.2 Å². The molecule has 1 saturated heterocycles. The molecule has 0 aromatic heterocycles. The Kier molecular flexibility index (Phi) is 5.22. The van der Waals surface area contributed by atoms with Crippen molar-refractivity contribution in [2.24, 2.45) is 5.92 Å². The normalized spacial score (nSPS) is 18.9. The van der Waals surface area contributed by atoms with Gasteiger partial charge in [-0.2, -0.15) is 0 Å². The van der Waals surface area contributed by atoms with Gasteiger partial charge < -0.3 is 9.64 Å². The Labute approximate surface area is 132 Å². The molecule has 0 bridgehead atoms. The van der Waals surface area contributed by atoms with E-state index in [0.717, 1.165) is 18.4 Å². The van der Waals surface area contributed by atoms with E-state index in [4.69, 9.17) is 4.74 Å². The molecule has 2 rings (SSSR count). The molecule has 22 heavy (non-hydrogen) atoms. The summed E-state index contributed by atoms with van der Waals surface area (Å²) >= 11 is 0. The Morgan fingerprint density at radius 1 is 1.23 bits per heavy atom. The van der Waals surface area contributed by atoms with E-state index >= 15 is 0 Å². The van der Waals surface area contributed by atoms with Crippen molar-refractivity contribution in [1.29, 1.82) is 0 Å². The molecule has 0 N–H and O–H groups in total. The van der Waals surface area contributed by atoms with Gasteiger partial charge in [-0.15, -0.1) is 0 Å². The minimum absolute atomic E-state index is 0.0820. The molecular weight excluding hydrogens is 278 g/mol. The van der Waals surface area contributed by atoms with Crippen LogP contribution in [0.4, 0.5) is 4.79 Å². The van der Waals surface area contributed by atoms with E-state index in [9.17, 15) is 9.59 Å². The minimum atomic E-state index is -0.502. The number of likely N-dealkylation sites (tertiary alicyclic amines) is 1. The van der Waals surface area contributed by atoms with Crippen LogP contribution in [0.25, 0.3) is 0 Å². The topological polar surface area (TPSA) is 46.6 Å². The van der Waals surface area contributed by atoms with Gasteiger partial charge in [0.25, 0.3) is 0 Å². The van der Waals surface area contributed by atoms with E-state index in [1.165, 1.54) is 0 Å². The van der Waals surface area contributed by atoms with Crippen molar-refractivity contribution in [3.05, 3.63) is 35.9 Å². The molecule has 0 aliphatic carbocycles. The van der Waals surface area contributed by atoms with Crippen LogP contribution in [0.5, 0.6) is 0 Å². The number of rotatable bonds is 3. The minimum Gasteiger partial charge on any atom is -0.444 e. The molecular formula is C18H25NO3. The summed E-state index contributed by atoms with van der Waals surface area (Å²) in [6, 6.07) is 9.75. The molecule has 4 heteroatoms. The first-order valence-electron chi connectivity index (χ1n) is 7.90. The van der Waals surface area contributed by atoms with E-state index < -0.39 is 5.60 Å². The monoisotopic (exact) mass is 303 g/mol. The highest BCUT2D eigenvalue weighted by Gasteiger charge is 2.30. The Balaban J connectivity index is 1.92. The second kappa shape index (κ2) is 6.95. The van der Waals surface area contributed by atoms with Gasteiger partial charge in [-0.25, -0.2) is 4.79 Å². The molecule has 1 aliphatic heterocycles. The fourth-order valence-corrected chi connectivity index (χ4v) is 2.67. The number of piperidine rings is 1. The number of ether oxygens (including phenoxy) is 1. The third-order valence-corrected chi connectivity index (χ3v) is 3.75. The number of amides is 1. The lowest BCUT2D eigenvalue weighted by Gasteiger charge is -2.33. The van der Waals surface area contributed by atoms with Crippen molar-refractivity contribution in [2.45, 2.75) is 45.6 Å². The van der Waals surface area contributed by atoms with E-state index in [-0.39, 0.29) is 17.8 Å². The lowest BCUT2D eigenvalue weighted by Crippen LogP contribution is -2.44. The van der Waals surface area contributed by atoms with Crippen LogP contribution >= 0.6 is 0 Å². The summed E-state index contributed by atoms with van der Waals surface area (Å²) in [5, 5.41) is 0. The summed E-state index contributed by atoms with van der Waals surface area (Å²) in [5.41, 5.74) is 0.528. The number of carbonyl (C=O) groups is 2. The second-order valence-electron chi connectivity index (χ2n) is 6.89. The number of hydrogen-bond acceptors (Lipinski definition) is 3. The average Bonchev–Trinajstić information content (AvgIpc) is 2.46. The van der Waals surface area contributed by atoms with Crippen LogP contribution in [0.15, 0.2) is 30.3 Å². The number of benzene rings is 1. The van der Waals surface area contributed by atoms with Gasteiger partial charge in [-0.1, -0.05) is 30.3 Å². The summed E-state index contributed by atoms with van der Waals surface area (Å²) in [6.07, 6.45) is 1.83. The summed E-state index contributed by atoms with van der Waals surface area (Å²) in [7, 11) is 0. The molecule has 1 aromatic rings. The molecule has 1 amide bonds. The molecule has 0 radical (unpaired) electrons. The third-order valence-electron chi connectivity index (χ3n) is 3.75. The number of hydrogen-bond donors (Lipinski definition) is 0. The zero-order chi connectivity index (χ0) is 16.2. The van der Waals surface area contributed by atoms with E-state index in [1.54, 1.807) is 4.90 Å². The Morgan fingerprint density at radius 2 is 1.91 bits per heavy atom. The predicted octanol–water partition coefficient (Wildman–Crippen LogP) is 3.45. The molecule has 1 unspecified atom stereocenters. The zero-order valence-corrected chi connectivity index (χ0v) is 13.7. The second-order valence-corrected chi connectivity index (χ2v) is 6.89. The summed E-state index contributed by atoms with van der Waals surface area (Å²) < 4.78 is 5.40. The summed E-state index contributed by atoms with van der Waals surface area (Å²) in [4.78, 5) is 26.2. The van der Waals surface area contributed by atoms with Crippen molar-refractivity contribution < 1.29 is 14.3 Å². The first-order valence-corrected chi connectivity index (χ1v) is 7.90. The zero-order valence-electron chi connectivity index (χ0n) is 13.7. The van der Waals surface area contributed by atoms with Crippen LogP contribution in [0, 0.1) is 5.92 Å². The Morgan fingerprint density at radius 3 is 2.55 bits per heavy atom. The smallest absolute Gasteiger partial charge is 0.410 e. The molecule has 1 aromatic carbocycles. The fourth-order valence-electron chi connectivity index (χ4n) is 2.67. The molecule has 1 atom stereocenters. The van der Waals surface area contributed by atoms with Gasteiger partial charge in [0.15, 0.2) is 0 Å². The first kappa shape index (κ1) is 16.5. The Hall–Kier alpha value is -1.84. The number of Topliss-reactive ketones (excluding diaryl/α,β-unsaturated/α-hetero) is 1. The van der Waals surface area contributed by atoms with Crippen molar-refractivity contribution in [3.63, 3.8) is 0 Å². The number of carbonyl (C=O) groups excluding carboxylic acids is 2. The van der Waals surface area contributed by atoms with E-state index in [0.29, 0.717) is 19.5 Å². The summed E-state index contributed by atoms with van der Waals surface area (Å²) in [5.74, 6) is 0.126. The van der Waals surface area contributed by atoms with Gasteiger partial charge in [0.2, 0.25) is 0 Å². The lowest BCUT2D eigenvalue weighted by molar-refractivity contribution is -0.123. The third kappa shape index (κ3) is 4.86. The van der Waals surface area contributed by atoms with Crippen molar-refractivity contribution in [2.75, 3.05) is 13.1 Å². The van der Waals surface area contributed by atoms with Crippen LogP contribution in [0.3, 0.4) is 0 Å². The highest BCUT2D eigenvalue weighted by Crippen LogP contribution is 2.21. The Bertz CT molecular complexity index is 519.